The maximum atomic E-state index is 13.3. The number of hydrogen-bond donors (Lipinski definition) is 0. The van der Waals surface area contributed by atoms with Gasteiger partial charge in [-0.15, -0.1) is 0 Å². The van der Waals surface area contributed by atoms with Crippen molar-refractivity contribution in [1.29, 1.82) is 0 Å². The van der Waals surface area contributed by atoms with Gasteiger partial charge < -0.3 is 18.9 Å². The quantitative estimate of drug-likeness (QED) is 0.179. The van der Waals surface area contributed by atoms with E-state index in [-0.39, 0.29) is 43.2 Å². The van der Waals surface area contributed by atoms with Crippen molar-refractivity contribution in [3.63, 3.8) is 0 Å². The molecule has 1 aromatic rings. The minimum Gasteiger partial charge on any atom is -0.359 e. The summed E-state index contributed by atoms with van der Waals surface area (Å²) in [7, 11) is 1.65. The van der Waals surface area contributed by atoms with Gasteiger partial charge in [0.25, 0.3) is 0 Å². The Hall–Kier alpha value is -1.31. The molecule has 0 heterocycles. The number of hydrogen-bond acceptors (Lipinski definition) is 5. The SMILES string of the molecule is COCO[C@@H]1[C@H]2C(Br)=C[C@@H](/C(C)=C/COCOCc3ccccc3)[C@@](C)(C(C)=O)[C@@H]2[C@@H](C)C[C@@H]1C. The molecular formula is C29H41BrO5. The smallest absolute Gasteiger partial charge is 0.147 e. The molecule has 0 aliphatic heterocycles. The first-order chi connectivity index (χ1) is 16.7. The van der Waals surface area contributed by atoms with Crippen LogP contribution in [0, 0.1) is 35.0 Å². The van der Waals surface area contributed by atoms with E-state index in [1.165, 1.54) is 0 Å². The van der Waals surface area contributed by atoms with Gasteiger partial charge in [0.1, 0.15) is 19.4 Å². The average molecular weight is 550 g/mol. The van der Waals surface area contributed by atoms with Crippen LogP contribution in [0.2, 0.25) is 0 Å². The Morgan fingerprint density at radius 3 is 2.49 bits per heavy atom. The normalized spacial score (nSPS) is 33.2. The number of ketones is 1. The van der Waals surface area contributed by atoms with E-state index < -0.39 is 5.41 Å². The molecule has 5 nitrogen and oxygen atoms in total. The zero-order valence-corrected chi connectivity index (χ0v) is 23.5. The predicted molar refractivity (Wildman–Crippen MR) is 142 cm³/mol. The van der Waals surface area contributed by atoms with Gasteiger partial charge >= 0.3 is 0 Å². The van der Waals surface area contributed by atoms with Gasteiger partial charge in [0.15, 0.2) is 0 Å². The second-order valence-corrected chi connectivity index (χ2v) is 11.3. The van der Waals surface area contributed by atoms with E-state index in [0.29, 0.717) is 25.0 Å². The molecule has 7 atom stereocenters. The van der Waals surface area contributed by atoms with Gasteiger partial charge in [-0.2, -0.15) is 0 Å². The van der Waals surface area contributed by atoms with Gasteiger partial charge in [-0.3, -0.25) is 4.79 Å². The number of methoxy groups -OCH3 is 1. The fraction of sp³-hybridized carbons (Fsp3) is 0.621. The zero-order valence-electron chi connectivity index (χ0n) is 22.0. The number of allylic oxidation sites excluding steroid dienone is 2. The van der Waals surface area contributed by atoms with E-state index >= 15 is 0 Å². The lowest BCUT2D eigenvalue weighted by molar-refractivity contribution is -0.161. The number of fused-ring (bicyclic) bond motifs is 1. The van der Waals surface area contributed by atoms with E-state index in [0.717, 1.165) is 22.0 Å². The Balaban J connectivity index is 1.74. The Kier molecular flexibility index (Phi) is 10.3. The summed E-state index contributed by atoms with van der Waals surface area (Å²) in [5.41, 5.74) is 1.73. The predicted octanol–water partition coefficient (Wildman–Crippen LogP) is 6.52. The lowest BCUT2D eigenvalue weighted by atomic mass is 9.49. The van der Waals surface area contributed by atoms with Crippen LogP contribution in [0.3, 0.4) is 0 Å². The molecule has 35 heavy (non-hydrogen) atoms. The summed E-state index contributed by atoms with van der Waals surface area (Å²) >= 11 is 3.90. The van der Waals surface area contributed by atoms with Gasteiger partial charge in [-0.1, -0.05) is 84.8 Å². The monoisotopic (exact) mass is 548 g/mol. The van der Waals surface area contributed by atoms with E-state index in [1.807, 2.05) is 30.3 Å². The third kappa shape index (κ3) is 6.34. The lowest BCUT2D eigenvalue weighted by Gasteiger charge is -2.56. The average Bonchev–Trinajstić information content (AvgIpc) is 2.83. The van der Waals surface area contributed by atoms with E-state index in [2.05, 4.69) is 55.8 Å². The second-order valence-electron chi connectivity index (χ2n) is 10.4. The molecule has 0 aromatic heterocycles. The Bertz CT molecular complexity index is 898. The van der Waals surface area contributed by atoms with Crippen LogP contribution in [0.25, 0.3) is 0 Å². The van der Waals surface area contributed by atoms with Crippen LogP contribution in [0.15, 0.2) is 52.5 Å². The Morgan fingerprint density at radius 2 is 1.83 bits per heavy atom. The van der Waals surface area contributed by atoms with Crippen molar-refractivity contribution in [1.82, 2.24) is 0 Å². The highest BCUT2D eigenvalue weighted by atomic mass is 79.9. The molecule has 0 unspecified atom stereocenters. The van der Waals surface area contributed by atoms with Crippen molar-refractivity contribution in [3.8, 4) is 0 Å². The van der Waals surface area contributed by atoms with Crippen molar-refractivity contribution in [2.75, 3.05) is 27.3 Å². The van der Waals surface area contributed by atoms with Crippen LogP contribution in [0.4, 0.5) is 0 Å². The van der Waals surface area contributed by atoms with Crippen molar-refractivity contribution < 1.29 is 23.7 Å². The molecule has 1 aromatic carbocycles. The Morgan fingerprint density at radius 1 is 1.11 bits per heavy atom. The number of carbonyl (C=O) groups excluding carboxylic acids is 1. The topological polar surface area (TPSA) is 54.0 Å². The minimum absolute atomic E-state index is 0.00998. The first-order valence-electron chi connectivity index (χ1n) is 12.6. The van der Waals surface area contributed by atoms with Crippen molar-refractivity contribution in [2.24, 2.45) is 35.0 Å². The zero-order chi connectivity index (χ0) is 25.6. The minimum atomic E-state index is -0.527. The summed E-state index contributed by atoms with van der Waals surface area (Å²) in [6, 6.07) is 10.1. The van der Waals surface area contributed by atoms with Crippen LogP contribution >= 0.6 is 15.9 Å². The standard InChI is InChI=1S/C29H41BrO5/c1-19(12-13-33-18-34-16-23-10-8-7-9-11-23)24-15-25(30)26-27(29(24,5)22(4)31)20(2)14-21(3)28(26)35-17-32-6/h7-12,15,20-21,24,26-28H,13-14,16-18H2,1-6H3/b19-12+/t20-,21-,24-,26-,27+,28-,29+/m0/s1. The number of ether oxygens (including phenoxy) is 4. The fourth-order valence-electron chi connectivity index (χ4n) is 6.35. The van der Waals surface area contributed by atoms with Crippen LogP contribution in [-0.2, 0) is 30.3 Å². The number of halogens is 1. The van der Waals surface area contributed by atoms with Crippen LogP contribution in [0.5, 0.6) is 0 Å². The van der Waals surface area contributed by atoms with E-state index in [4.69, 9.17) is 18.9 Å². The van der Waals surface area contributed by atoms with Crippen LogP contribution < -0.4 is 0 Å². The lowest BCUT2D eigenvalue weighted by Crippen LogP contribution is -2.56. The molecule has 0 spiro atoms. The molecule has 2 aliphatic carbocycles. The molecule has 6 heteroatoms. The second kappa shape index (κ2) is 12.8. The highest BCUT2D eigenvalue weighted by Crippen LogP contribution is 2.59. The molecule has 0 radical (unpaired) electrons. The summed E-state index contributed by atoms with van der Waals surface area (Å²) < 4.78 is 23.9. The Labute approximate surface area is 219 Å². The van der Waals surface area contributed by atoms with Gasteiger partial charge in [-0.05, 0) is 48.1 Å². The van der Waals surface area contributed by atoms with Crippen molar-refractivity contribution >= 4 is 21.7 Å². The van der Waals surface area contributed by atoms with Crippen LogP contribution in [-0.4, -0.2) is 39.2 Å². The highest BCUT2D eigenvalue weighted by Gasteiger charge is 2.58. The largest absolute Gasteiger partial charge is 0.359 e. The molecular weight excluding hydrogens is 508 g/mol. The number of benzene rings is 1. The molecule has 1 saturated carbocycles. The van der Waals surface area contributed by atoms with Crippen molar-refractivity contribution in [3.05, 3.63) is 58.1 Å². The maximum absolute atomic E-state index is 13.3. The van der Waals surface area contributed by atoms with Gasteiger partial charge in [0, 0.05) is 24.4 Å². The maximum Gasteiger partial charge on any atom is 0.147 e. The molecule has 2 aliphatic rings. The molecule has 0 saturated heterocycles. The first-order valence-corrected chi connectivity index (χ1v) is 13.4. The molecule has 0 N–H and O–H groups in total. The van der Waals surface area contributed by atoms with Gasteiger partial charge in [-0.25, -0.2) is 0 Å². The molecule has 0 amide bonds. The summed E-state index contributed by atoms with van der Waals surface area (Å²) in [5, 5.41) is 0. The molecule has 3 rings (SSSR count). The molecule has 0 bridgehead atoms. The first kappa shape index (κ1) is 28.3. The number of Topliss-reactive ketones (excluding diaryl/α,β-unsaturated/α-hetero) is 1. The van der Waals surface area contributed by atoms with Gasteiger partial charge in [0.05, 0.1) is 19.3 Å². The highest BCUT2D eigenvalue weighted by molar-refractivity contribution is 9.11. The fourth-order valence-corrected chi connectivity index (χ4v) is 7.16. The number of carbonyl (C=O) groups is 1. The molecule has 194 valence electrons. The molecule has 1 fully saturated rings. The van der Waals surface area contributed by atoms with Crippen molar-refractivity contribution in [2.45, 2.75) is 53.8 Å². The summed E-state index contributed by atoms with van der Waals surface area (Å²) in [5.74, 6) is 1.29. The summed E-state index contributed by atoms with van der Waals surface area (Å²) in [4.78, 5) is 13.3. The summed E-state index contributed by atoms with van der Waals surface area (Å²) in [6.45, 7) is 12.0. The third-order valence-electron chi connectivity index (χ3n) is 8.07. The van der Waals surface area contributed by atoms with Crippen LogP contribution in [0.1, 0.15) is 46.6 Å². The summed E-state index contributed by atoms with van der Waals surface area (Å²) in [6.07, 6.45) is 5.35. The third-order valence-corrected chi connectivity index (χ3v) is 8.86. The van der Waals surface area contributed by atoms with E-state index in [9.17, 15) is 4.79 Å². The van der Waals surface area contributed by atoms with E-state index in [1.54, 1.807) is 14.0 Å². The van der Waals surface area contributed by atoms with Gasteiger partial charge in [0.2, 0.25) is 0 Å². The number of rotatable bonds is 11.